The zero-order chi connectivity index (χ0) is 31.2. The van der Waals surface area contributed by atoms with E-state index in [-0.39, 0.29) is 22.8 Å². The van der Waals surface area contributed by atoms with Crippen molar-refractivity contribution in [2.45, 2.75) is 81.4 Å². The molecule has 0 amide bonds. The smallest absolute Gasteiger partial charge is 0.0734 e. The van der Waals surface area contributed by atoms with Gasteiger partial charge in [-0.15, -0.1) is 11.8 Å². The van der Waals surface area contributed by atoms with E-state index in [0.29, 0.717) is 5.25 Å². The summed E-state index contributed by atoms with van der Waals surface area (Å²) in [7, 11) is 0. The van der Waals surface area contributed by atoms with Crippen LogP contribution in [0.3, 0.4) is 0 Å². The summed E-state index contributed by atoms with van der Waals surface area (Å²) in [6, 6.07) is 41.8. The summed E-state index contributed by atoms with van der Waals surface area (Å²) < 4.78 is 0. The Morgan fingerprint density at radius 3 is 1.84 bits per heavy atom. The van der Waals surface area contributed by atoms with Gasteiger partial charge in [-0.25, -0.2) is 0 Å². The van der Waals surface area contributed by atoms with E-state index in [1.54, 1.807) is 0 Å². The van der Waals surface area contributed by atoms with E-state index in [1.807, 2.05) is 0 Å². The number of hydrogen-bond acceptors (Lipinski definition) is 3. The van der Waals surface area contributed by atoms with Crippen molar-refractivity contribution in [1.29, 1.82) is 0 Å². The molecule has 3 heteroatoms. The maximum atomic E-state index is 2.68. The van der Waals surface area contributed by atoms with E-state index in [2.05, 4.69) is 179 Å². The van der Waals surface area contributed by atoms with Crippen LogP contribution in [0.2, 0.25) is 0 Å². The number of rotatable bonds is 2. The average Bonchev–Trinajstić information content (AvgIpc) is 3.39. The molecule has 0 saturated carbocycles. The largest absolute Gasteiger partial charge is 0.332 e. The molecular formula is C42H42N2S. The average molecular weight is 607 g/mol. The van der Waals surface area contributed by atoms with Crippen LogP contribution < -0.4 is 9.80 Å². The highest BCUT2D eigenvalue weighted by molar-refractivity contribution is 8.00. The SMILES string of the molecule is Cc1cc2c3c(c1)N(c1ccccc1)C1c4cc(C(C)(C)C)ccc4SC1C3c1ccc(C(C)(C)C)cc1N2c1ccccc1. The summed E-state index contributed by atoms with van der Waals surface area (Å²) in [5, 5.41) is 0.335. The molecule has 226 valence electrons. The van der Waals surface area contributed by atoms with Crippen LogP contribution in [0, 0.1) is 6.92 Å². The van der Waals surface area contributed by atoms with Crippen molar-refractivity contribution >= 4 is 40.2 Å². The Morgan fingerprint density at radius 2 is 1.18 bits per heavy atom. The first-order chi connectivity index (χ1) is 21.5. The number of para-hydroxylation sites is 2. The monoisotopic (exact) mass is 606 g/mol. The van der Waals surface area contributed by atoms with Crippen molar-refractivity contribution in [2.24, 2.45) is 0 Å². The van der Waals surface area contributed by atoms with Gasteiger partial charge in [0.15, 0.2) is 0 Å². The van der Waals surface area contributed by atoms with Crippen LogP contribution >= 0.6 is 11.8 Å². The molecule has 3 heterocycles. The molecule has 3 atom stereocenters. The molecule has 0 aliphatic carbocycles. The topological polar surface area (TPSA) is 6.48 Å². The molecule has 5 aromatic rings. The highest BCUT2D eigenvalue weighted by Crippen LogP contribution is 2.66. The molecule has 0 saturated heterocycles. The molecule has 0 N–H and O–H groups in total. The minimum atomic E-state index is 0.0519. The van der Waals surface area contributed by atoms with Gasteiger partial charge in [-0.05, 0) is 94.1 Å². The number of benzene rings is 5. The highest BCUT2D eigenvalue weighted by Gasteiger charge is 2.52. The quantitative estimate of drug-likeness (QED) is 0.197. The first kappa shape index (κ1) is 28.5. The van der Waals surface area contributed by atoms with Crippen molar-refractivity contribution in [3.8, 4) is 0 Å². The summed E-state index contributed by atoms with van der Waals surface area (Å²) in [5.74, 6) is 0.264. The number of aryl methyl sites for hydroxylation is 1. The van der Waals surface area contributed by atoms with Crippen molar-refractivity contribution in [3.63, 3.8) is 0 Å². The van der Waals surface area contributed by atoms with Crippen LogP contribution in [0.5, 0.6) is 0 Å². The molecule has 2 nitrogen and oxygen atoms in total. The van der Waals surface area contributed by atoms with Gasteiger partial charge in [-0.1, -0.05) is 102 Å². The third-order valence-electron chi connectivity index (χ3n) is 9.99. The van der Waals surface area contributed by atoms with E-state index in [4.69, 9.17) is 0 Å². The van der Waals surface area contributed by atoms with E-state index in [1.165, 1.54) is 66.7 Å². The minimum Gasteiger partial charge on any atom is -0.332 e. The van der Waals surface area contributed by atoms with Crippen molar-refractivity contribution in [1.82, 2.24) is 0 Å². The summed E-state index contributed by atoms with van der Waals surface area (Å²) in [5.41, 5.74) is 15.0. The molecule has 0 spiro atoms. The summed E-state index contributed by atoms with van der Waals surface area (Å²) in [6.07, 6.45) is 0. The van der Waals surface area contributed by atoms with Crippen molar-refractivity contribution in [2.75, 3.05) is 9.80 Å². The predicted octanol–water partition coefficient (Wildman–Crippen LogP) is 11.9. The lowest BCUT2D eigenvalue weighted by Gasteiger charge is -2.50. The molecule has 0 fully saturated rings. The number of anilines is 5. The molecule has 3 aliphatic heterocycles. The fourth-order valence-electron chi connectivity index (χ4n) is 7.73. The maximum absolute atomic E-state index is 2.68. The Morgan fingerprint density at radius 1 is 0.578 bits per heavy atom. The Bertz CT molecular complexity index is 1930. The lowest BCUT2D eigenvalue weighted by Crippen LogP contribution is -2.41. The van der Waals surface area contributed by atoms with Gasteiger partial charge >= 0.3 is 0 Å². The molecule has 0 aromatic heterocycles. The maximum Gasteiger partial charge on any atom is 0.0734 e. The lowest BCUT2D eigenvalue weighted by molar-refractivity contribution is 0.563. The first-order valence-electron chi connectivity index (χ1n) is 16.3. The van der Waals surface area contributed by atoms with Crippen LogP contribution in [0.4, 0.5) is 28.4 Å². The summed E-state index contributed by atoms with van der Waals surface area (Å²) >= 11 is 2.09. The third kappa shape index (κ3) is 4.46. The van der Waals surface area contributed by atoms with Gasteiger partial charge in [0.25, 0.3) is 0 Å². The van der Waals surface area contributed by atoms with Gasteiger partial charge < -0.3 is 9.80 Å². The van der Waals surface area contributed by atoms with Crippen LogP contribution in [-0.2, 0) is 10.8 Å². The second-order valence-electron chi connectivity index (χ2n) is 15.1. The van der Waals surface area contributed by atoms with Gasteiger partial charge in [-0.3, -0.25) is 0 Å². The van der Waals surface area contributed by atoms with Gasteiger partial charge in [-0.2, -0.15) is 0 Å². The highest BCUT2D eigenvalue weighted by atomic mass is 32.2. The fraction of sp³-hybridized carbons (Fsp3) is 0.286. The summed E-state index contributed by atoms with van der Waals surface area (Å²) in [6.45, 7) is 16.2. The standard InChI is InChI=1S/C42H42N2S/c1-26-22-34-38-35(23-26)44(30-16-12-9-13-17-30)39-32-24-27(41(2,3)4)19-21-36(32)45-40(39)37(38)31-20-18-28(42(5,6)7)25-33(31)43(34)29-14-10-8-11-15-29/h8-25,37,39-40H,1-7H3. The van der Waals surface area contributed by atoms with Crippen molar-refractivity contribution < 1.29 is 0 Å². The van der Waals surface area contributed by atoms with E-state index >= 15 is 0 Å². The van der Waals surface area contributed by atoms with Gasteiger partial charge in [0, 0.05) is 38.7 Å². The second-order valence-corrected chi connectivity index (χ2v) is 16.3. The molecule has 3 aliphatic rings. The van der Waals surface area contributed by atoms with Gasteiger partial charge in [0.2, 0.25) is 0 Å². The first-order valence-corrected chi connectivity index (χ1v) is 17.2. The molecular weight excluding hydrogens is 565 g/mol. The Balaban J connectivity index is 1.45. The minimum absolute atomic E-state index is 0.0519. The van der Waals surface area contributed by atoms with Crippen LogP contribution in [0.1, 0.15) is 86.9 Å². The van der Waals surface area contributed by atoms with E-state index in [9.17, 15) is 0 Å². The van der Waals surface area contributed by atoms with Crippen LogP contribution in [0.15, 0.2) is 114 Å². The van der Waals surface area contributed by atoms with Crippen molar-refractivity contribution in [3.05, 3.63) is 143 Å². The zero-order valence-corrected chi connectivity index (χ0v) is 28.2. The third-order valence-corrected chi connectivity index (χ3v) is 11.4. The molecule has 3 unspecified atom stereocenters. The number of thioether (sulfide) groups is 1. The number of hydrogen-bond donors (Lipinski definition) is 0. The normalized spacial score (nSPS) is 19.9. The molecule has 8 rings (SSSR count). The number of nitrogens with zero attached hydrogens (tertiary/aromatic N) is 2. The predicted molar refractivity (Wildman–Crippen MR) is 193 cm³/mol. The Labute approximate surface area is 273 Å². The van der Waals surface area contributed by atoms with Crippen LogP contribution in [-0.4, -0.2) is 5.25 Å². The lowest BCUT2D eigenvalue weighted by atomic mass is 9.73. The van der Waals surface area contributed by atoms with Crippen LogP contribution in [0.25, 0.3) is 0 Å². The Hall–Kier alpha value is -3.95. The molecule has 5 aromatic carbocycles. The van der Waals surface area contributed by atoms with E-state index < -0.39 is 0 Å². The fourth-order valence-corrected chi connectivity index (χ4v) is 9.30. The summed E-state index contributed by atoms with van der Waals surface area (Å²) in [4.78, 5) is 6.64. The zero-order valence-electron chi connectivity index (χ0n) is 27.4. The molecule has 45 heavy (non-hydrogen) atoms. The Kier molecular flexibility index (Phi) is 6.35. The van der Waals surface area contributed by atoms with Gasteiger partial charge in [0.1, 0.15) is 0 Å². The second kappa shape index (κ2) is 10.0. The molecule has 0 bridgehead atoms. The number of fused-ring (bicyclic) bond motifs is 6. The van der Waals surface area contributed by atoms with Gasteiger partial charge in [0.05, 0.1) is 17.4 Å². The van der Waals surface area contributed by atoms with E-state index in [0.717, 1.165) is 0 Å². The molecule has 0 radical (unpaired) electrons.